The van der Waals surface area contributed by atoms with Gasteiger partial charge in [-0.1, -0.05) is 30.3 Å². The zero-order valence-corrected chi connectivity index (χ0v) is 10.9. The van der Waals surface area contributed by atoms with E-state index in [0.29, 0.717) is 12.8 Å². The van der Waals surface area contributed by atoms with Crippen LogP contribution in [0.4, 0.5) is 10.1 Å². The number of carbonyl (C=O) groups excluding carboxylic acids is 1. The molecule has 0 unspecified atom stereocenters. The van der Waals surface area contributed by atoms with E-state index < -0.39 is 17.8 Å². The molecule has 20 heavy (non-hydrogen) atoms. The largest absolute Gasteiger partial charge is 0.322 e. The number of halogens is 1. The molecule has 0 radical (unpaired) electrons. The zero-order valence-electron chi connectivity index (χ0n) is 10.9. The predicted octanol–water partition coefficient (Wildman–Crippen LogP) is 2.12. The van der Waals surface area contributed by atoms with Crippen molar-refractivity contribution in [2.75, 3.05) is 5.32 Å². The number of nitrogens with one attached hydrogen (secondary N) is 1. The van der Waals surface area contributed by atoms with Crippen LogP contribution in [-0.4, -0.2) is 16.9 Å². The van der Waals surface area contributed by atoms with Crippen molar-refractivity contribution < 1.29 is 9.18 Å². The average molecular weight is 273 g/mol. The molecule has 1 amide bonds. The number of hydrogen-bond donors (Lipinski definition) is 2. The summed E-state index contributed by atoms with van der Waals surface area (Å²) in [6.45, 7) is 0. The fraction of sp³-hybridized carbons (Fsp3) is 0.200. The molecule has 104 valence electrons. The monoisotopic (exact) mass is 273 g/mol. The Morgan fingerprint density at radius 2 is 2.05 bits per heavy atom. The SMILES string of the molecule is N[C@@H](CCc1ccccc1)C(=O)Nc1ccncc1F. The second kappa shape index (κ2) is 6.77. The topological polar surface area (TPSA) is 68.0 Å². The molecule has 2 rings (SSSR count). The average Bonchev–Trinajstić information content (AvgIpc) is 2.48. The van der Waals surface area contributed by atoms with Crippen LogP contribution in [0.5, 0.6) is 0 Å². The number of nitrogens with zero attached hydrogens (tertiary/aromatic N) is 1. The van der Waals surface area contributed by atoms with Gasteiger partial charge in [-0.3, -0.25) is 9.78 Å². The van der Waals surface area contributed by atoms with E-state index in [4.69, 9.17) is 5.73 Å². The molecular weight excluding hydrogens is 257 g/mol. The first-order valence-electron chi connectivity index (χ1n) is 6.36. The van der Waals surface area contributed by atoms with Gasteiger partial charge in [0.25, 0.3) is 0 Å². The molecule has 0 aliphatic carbocycles. The summed E-state index contributed by atoms with van der Waals surface area (Å²) >= 11 is 0. The molecule has 0 aliphatic rings. The number of hydrogen-bond acceptors (Lipinski definition) is 3. The van der Waals surface area contributed by atoms with Crippen molar-refractivity contribution >= 4 is 11.6 Å². The smallest absolute Gasteiger partial charge is 0.241 e. The number of aromatic nitrogens is 1. The van der Waals surface area contributed by atoms with Gasteiger partial charge in [0.05, 0.1) is 17.9 Å². The Morgan fingerprint density at radius 1 is 1.30 bits per heavy atom. The minimum Gasteiger partial charge on any atom is -0.322 e. The lowest BCUT2D eigenvalue weighted by molar-refractivity contribution is -0.117. The normalized spacial score (nSPS) is 11.9. The Bertz CT molecular complexity index is 574. The summed E-state index contributed by atoms with van der Waals surface area (Å²) < 4.78 is 13.3. The van der Waals surface area contributed by atoms with Gasteiger partial charge in [-0.05, 0) is 24.5 Å². The van der Waals surface area contributed by atoms with Crippen LogP contribution in [0.3, 0.4) is 0 Å². The number of benzene rings is 1. The molecule has 2 aromatic rings. The maximum atomic E-state index is 13.3. The van der Waals surface area contributed by atoms with Crippen LogP contribution in [0.1, 0.15) is 12.0 Å². The summed E-state index contributed by atoms with van der Waals surface area (Å²) in [5.41, 5.74) is 7.03. The highest BCUT2D eigenvalue weighted by atomic mass is 19.1. The Kier molecular flexibility index (Phi) is 4.79. The maximum Gasteiger partial charge on any atom is 0.241 e. The van der Waals surface area contributed by atoms with Gasteiger partial charge in [-0.2, -0.15) is 0 Å². The van der Waals surface area contributed by atoms with Crippen LogP contribution in [0.25, 0.3) is 0 Å². The predicted molar refractivity (Wildman–Crippen MR) is 75.6 cm³/mol. The molecule has 1 aromatic heterocycles. The van der Waals surface area contributed by atoms with Gasteiger partial charge in [-0.15, -0.1) is 0 Å². The molecule has 5 heteroatoms. The first-order chi connectivity index (χ1) is 9.66. The molecule has 1 heterocycles. The Balaban J connectivity index is 1.88. The molecular formula is C15H16FN3O. The lowest BCUT2D eigenvalue weighted by Crippen LogP contribution is -2.36. The quantitative estimate of drug-likeness (QED) is 0.876. The number of pyridine rings is 1. The van der Waals surface area contributed by atoms with Gasteiger partial charge < -0.3 is 11.1 Å². The van der Waals surface area contributed by atoms with Crippen LogP contribution >= 0.6 is 0 Å². The fourth-order valence-electron chi connectivity index (χ4n) is 1.80. The van der Waals surface area contributed by atoms with Crippen LogP contribution in [-0.2, 0) is 11.2 Å². The zero-order chi connectivity index (χ0) is 14.4. The van der Waals surface area contributed by atoms with Crippen molar-refractivity contribution in [3.8, 4) is 0 Å². The van der Waals surface area contributed by atoms with E-state index in [1.165, 1.54) is 12.3 Å². The standard InChI is InChI=1S/C15H16FN3O/c16-12-10-18-9-8-14(12)19-15(20)13(17)7-6-11-4-2-1-3-5-11/h1-5,8-10,13H,6-7,17H2,(H,18,19,20)/t13-/m0/s1. The molecule has 0 bridgehead atoms. The summed E-state index contributed by atoms with van der Waals surface area (Å²) in [5, 5.41) is 2.47. The van der Waals surface area contributed by atoms with Crippen LogP contribution < -0.4 is 11.1 Å². The molecule has 0 spiro atoms. The third-order valence-corrected chi connectivity index (χ3v) is 2.95. The molecule has 0 saturated heterocycles. The summed E-state index contributed by atoms with van der Waals surface area (Å²) in [6, 6.07) is 10.5. The van der Waals surface area contributed by atoms with Crippen molar-refractivity contribution in [1.82, 2.24) is 4.98 Å². The molecule has 0 saturated carbocycles. The third-order valence-electron chi connectivity index (χ3n) is 2.95. The number of rotatable bonds is 5. The minimum atomic E-state index is -0.678. The summed E-state index contributed by atoms with van der Waals surface area (Å²) in [6.07, 6.45) is 3.66. The van der Waals surface area contributed by atoms with Crippen molar-refractivity contribution in [1.29, 1.82) is 0 Å². The lowest BCUT2D eigenvalue weighted by Gasteiger charge is -2.12. The summed E-state index contributed by atoms with van der Waals surface area (Å²) in [7, 11) is 0. The molecule has 0 fully saturated rings. The second-order valence-corrected chi connectivity index (χ2v) is 4.48. The highest BCUT2D eigenvalue weighted by molar-refractivity contribution is 5.94. The first-order valence-corrected chi connectivity index (χ1v) is 6.36. The van der Waals surface area contributed by atoms with Gasteiger partial charge in [0.15, 0.2) is 5.82 Å². The summed E-state index contributed by atoms with van der Waals surface area (Å²) in [5.74, 6) is -0.970. The molecule has 3 N–H and O–H groups in total. The van der Waals surface area contributed by atoms with Gasteiger partial charge in [-0.25, -0.2) is 4.39 Å². The number of nitrogens with two attached hydrogens (primary N) is 1. The van der Waals surface area contributed by atoms with Crippen LogP contribution in [0, 0.1) is 5.82 Å². The molecule has 1 aromatic carbocycles. The number of amides is 1. The van der Waals surface area contributed by atoms with Gasteiger partial charge >= 0.3 is 0 Å². The highest BCUT2D eigenvalue weighted by Gasteiger charge is 2.15. The van der Waals surface area contributed by atoms with Crippen molar-refractivity contribution in [2.45, 2.75) is 18.9 Å². The highest BCUT2D eigenvalue weighted by Crippen LogP contribution is 2.12. The maximum absolute atomic E-state index is 13.3. The van der Waals surface area contributed by atoms with E-state index in [0.717, 1.165) is 11.8 Å². The van der Waals surface area contributed by atoms with Gasteiger partial charge in [0.2, 0.25) is 5.91 Å². The number of carbonyl (C=O) groups is 1. The van der Waals surface area contributed by atoms with E-state index in [-0.39, 0.29) is 5.69 Å². The Hall–Kier alpha value is -2.27. The van der Waals surface area contributed by atoms with E-state index in [9.17, 15) is 9.18 Å². The molecule has 4 nitrogen and oxygen atoms in total. The third kappa shape index (κ3) is 3.86. The van der Waals surface area contributed by atoms with E-state index in [2.05, 4.69) is 10.3 Å². The number of aryl methyl sites for hydroxylation is 1. The van der Waals surface area contributed by atoms with Crippen LogP contribution in [0.2, 0.25) is 0 Å². The second-order valence-electron chi connectivity index (χ2n) is 4.48. The summed E-state index contributed by atoms with van der Waals surface area (Å²) in [4.78, 5) is 15.5. The molecule has 1 atom stereocenters. The van der Waals surface area contributed by atoms with Crippen molar-refractivity contribution in [3.63, 3.8) is 0 Å². The van der Waals surface area contributed by atoms with Crippen molar-refractivity contribution in [3.05, 3.63) is 60.2 Å². The minimum absolute atomic E-state index is 0.0974. The first kappa shape index (κ1) is 14.1. The van der Waals surface area contributed by atoms with E-state index in [1.54, 1.807) is 0 Å². The van der Waals surface area contributed by atoms with E-state index >= 15 is 0 Å². The molecule has 0 aliphatic heterocycles. The fourth-order valence-corrected chi connectivity index (χ4v) is 1.80. The van der Waals surface area contributed by atoms with Crippen LogP contribution in [0.15, 0.2) is 48.8 Å². The lowest BCUT2D eigenvalue weighted by atomic mass is 10.1. The Labute approximate surface area is 116 Å². The van der Waals surface area contributed by atoms with Gasteiger partial charge in [0.1, 0.15) is 0 Å². The van der Waals surface area contributed by atoms with Gasteiger partial charge in [0, 0.05) is 6.20 Å². The number of anilines is 1. The van der Waals surface area contributed by atoms with Crippen molar-refractivity contribution in [2.24, 2.45) is 5.73 Å². The van der Waals surface area contributed by atoms with E-state index in [1.807, 2.05) is 30.3 Å². The Morgan fingerprint density at radius 3 is 2.75 bits per heavy atom.